The van der Waals surface area contributed by atoms with Crippen LogP contribution < -0.4 is 10.9 Å². The van der Waals surface area contributed by atoms with Gasteiger partial charge in [0, 0.05) is 32.8 Å². The third-order valence-electron chi connectivity index (χ3n) is 5.81. The van der Waals surface area contributed by atoms with Gasteiger partial charge in [0.05, 0.1) is 24.0 Å². The lowest BCUT2D eigenvalue weighted by molar-refractivity contribution is -0.136. The molecule has 0 bridgehead atoms. The molecule has 3 rings (SSSR count). The van der Waals surface area contributed by atoms with Crippen LogP contribution in [-0.4, -0.2) is 57.4 Å². The molecule has 2 heterocycles. The molecule has 1 aromatic carbocycles. The van der Waals surface area contributed by atoms with E-state index in [1.165, 1.54) is 10.9 Å². The van der Waals surface area contributed by atoms with E-state index in [-0.39, 0.29) is 29.5 Å². The molecule has 0 spiro atoms. The second-order valence-corrected chi connectivity index (χ2v) is 7.96. The number of anilines is 1. The first kappa shape index (κ1) is 21.7. The highest BCUT2D eigenvalue weighted by Crippen LogP contribution is 2.26. The fraction of sp³-hybridized carbons (Fsp3) is 0.455. The number of aliphatic hydroxyl groups is 1. The Kier molecular flexibility index (Phi) is 6.66. The van der Waals surface area contributed by atoms with Gasteiger partial charge in [-0.15, -0.1) is 0 Å². The van der Waals surface area contributed by atoms with E-state index in [1.807, 2.05) is 37.3 Å². The molecule has 1 atom stereocenters. The minimum Gasteiger partial charge on any atom is -0.388 e. The van der Waals surface area contributed by atoms with Crippen molar-refractivity contribution < 1.29 is 9.90 Å². The maximum absolute atomic E-state index is 12.7. The standard InChI is InChI=1S/C22H29N5O3/c1-16(17-6-4-3-5-7-17)12-19(28)26-10-8-22(30,9-11-26)14-27-15-25-20(24-2)18(13-23)21(27)29/h3-7,13,15-16,23-24,30H,8-12,14H2,1-2H3. The summed E-state index contributed by atoms with van der Waals surface area (Å²) in [6.07, 6.45) is 3.56. The molecule has 1 amide bonds. The summed E-state index contributed by atoms with van der Waals surface area (Å²) in [7, 11) is 1.64. The molecule has 3 N–H and O–H groups in total. The molecule has 0 aliphatic carbocycles. The minimum absolute atomic E-state index is 0.0803. The second-order valence-electron chi connectivity index (χ2n) is 7.96. The molecule has 1 aliphatic heterocycles. The molecule has 2 aromatic rings. The van der Waals surface area contributed by atoms with Crippen LogP contribution in [0, 0.1) is 5.41 Å². The summed E-state index contributed by atoms with van der Waals surface area (Å²) in [5.41, 5.74) is -0.161. The van der Waals surface area contributed by atoms with Gasteiger partial charge in [0.15, 0.2) is 0 Å². The lowest BCUT2D eigenvalue weighted by atomic mass is 9.90. The fourth-order valence-corrected chi connectivity index (χ4v) is 3.89. The number of likely N-dealkylation sites (tertiary alicyclic amines) is 1. The Hall–Kier alpha value is -3.00. The van der Waals surface area contributed by atoms with Crippen LogP contribution in [0.4, 0.5) is 5.82 Å². The average Bonchev–Trinajstić information content (AvgIpc) is 2.76. The first-order chi connectivity index (χ1) is 14.4. The monoisotopic (exact) mass is 411 g/mol. The van der Waals surface area contributed by atoms with Crippen molar-refractivity contribution in [3.05, 3.63) is 58.1 Å². The van der Waals surface area contributed by atoms with E-state index in [9.17, 15) is 14.7 Å². The number of benzene rings is 1. The van der Waals surface area contributed by atoms with Crippen molar-refractivity contribution in [1.82, 2.24) is 14.5 Å². The van der Waals surface area contributed by atoms with Crippen LogP contribution in [-0.2, 0) is 11.3 Å². The number of amides is 1. The number of hydrogen-bond acceptors (Lipinski definition) is 6. The molecular weight excluding hydrogens is 382 g/mol. The van der Waals surface area contributed by atoms with Gasteiger partial charge in [-0.3, -0.25) is 14.2 Å². The zero-order valence-electron chi connectivity index (χ0n) is 17.5. The molecule has 30 heavy (non-hydrogen) atoms. The number of rotatable bonds is 7. The fourth-order valence-electron chi connectivity index (χ4n) is 3.89. The molecule has 0 saturated carbocycles. The number of piperidine rings is 1. The highest BCUT2D eigenvalue weighted by atomic mass is 16.3. The van der Waals surface area contributed by atoms with Crippen molar-refractivity contribution in [3.63, 3.8) is 0 Å². The molecule has 1 aliphatic rings. The predicted molar refractivity (Wildman–Crippen MR) is 116 cm³/mol. The first-order valence-electron chi connectivity index (χ1n) is 10.2. The summed E-state index contributed by atoms with van der Waals surface area (Å²) >= 11 is 0. The summed E-state index contributed by atoms with van der Waals surface area (Å²) < 4.78 is 1.34. The van der Waals surface area contributed by atoms with Gasteiger partial charge in [0.1, 0.15) is 5.82 Å². The van der Waals surface area contributed by atoms with Crippen LogP contribution in [0.5, 0.6) is 0 Å². The Morgan fingerprint density at radius 3 is 2.60 bits per heavy atom. The lowest BCUT2D eigenvalue weighted by Gasteiger charge is -2.38. The number of aromatic nitrogens is 2. The quantitative estimate of drug-likeness (QED) is 0.602. The van der Waals surface area contributed by atoms with Crippen LogP contribution >= 0.6 is 0 Å². The van der Waals surface area contributed by atoms with E-state index in [0.29, 0.717) is 38.2 Å². The molecule has 1 aromatic heterocycles. The Balaban J connectivity index is 1.61. The van der Waals surface area contributed by atoms with E-state index >= 15 is 0 Å². The Morgan fingerprint density at radius 2 is 2.00 bits per heavy atom. The van der Waals surface area contributed by atoms with E-state index in [2.05, 4.69) is 10.3 Å². The van der Waals surface area contributed by atoms with Crippen molar-refractivity contribution in [1.29, 1.82) is 5.41 Å². The Bertz CT molecular complexity index is 949. The van der Waals surface area contributed by atoms with Crippen molar-refractivity contribution in [2.75, 3.05) is 25.5 Å². The predicted octanol–water partition coefficient (Wildman–Crippen LogP) is 1.83. The van der Waals surface area contributed by atoms with Gasteiger partial charge >= 0.3 is 0 Å². The Labute approximate surface area is 176 Å². The SMILES string of the molecule is CNc1ncn(CC2(O)CCN(C(=O)CC(C)c3ccccc3)CC2)c(=O)c1C=N. The number of nitrogens with zero attached hydrogens (tertiary/aromatic N) is 3. The van der Waals surface area contributed by atoms with Gasteiger partial charge in [-0.1, -0.05) is 37.3 Å². The minimum atomic E-state index is -1.09. The third kappa shape index (κ3) is 4.76. The number of nitrogens with one attached hydrogen (secondary N) is 2. The van der Waals surface area contributed by atoms with Crippen LogP contribution in [0.3, 0.4) is 0 Å². The van der Waals surface area contributed by atoms with Crippen LogP contribution in [0.2, 0.25) is 0 Å². The van der Waals surface area contributed by atoms with Crippen LogP contribution in [0.15, 0.2) is 41.5 Å². The summed E-state index contributed by atoms with van der Waals surface area (Å²) in [6.45, 7) is 3.03. The van der Waals surface area contributed by atoms with Crippen molar-refractivity contribution in [2.45, 2.75) is 44.2 Å². The van der Waals surface area contributed by atoms with Gasteiger partial charge in [0.25, 0.3) is 5.56 Å². The van der Waals surface area contributed by atoms with Gasteiger partial charge in [-0.2, -0.15) is 0 Å². The molecule has 1 unspecified atom stereocenters. The average molecular weight is 412 g/mol. The zero-order chi connectivity index (χ0) is 21.7. The highest BCUT2D eigenvalue weighted by molar-refractivity contribution is 5.83. The second kappa shape index (κ2) is 9.21. The van der Waals surface area contributed by atoms with Crippen molar-refractivity contribution in [2.24, 2.45) is 0 Å². The largest absolute Gasteiger partial charge is 0.388 e. The topological polar surface area (TPSA) is 111 Å². The maximum atomic E-state index is 12.7. The smallest absolute Gasteiger partial charge is 0.264 e. The highest BCUT2D eigenvalue weighted by Gasteiger charge is 2.35. The van der Waals surface area contributed by atoms with Crippen molar-refractivity contribution >= 4 is 17.9 Å². The van der Waals surface area contributed by atoms with Gasteiger partial charge in [-0.25, -0.2) is 4.98 Å². The summed E-state index contributed by atoms with van der Waals surface area (Å²) in [5.74, 6) is 0.553. The molecule has 0 radical (unpaired) electrons. The maximum Gasteiger partial charge on any atom is 0.264 e. The molecule has 8 nitrogen and oxygen atoms in total. The third-order valence-corrected chi connectivity index (χ3v) is 5.81. The van der Waals surface area contributed by atoms with Crippen LogP contribution in [0.1, 0.15) is 43.2 Å². The Morgan fingerprint density at radius 1 is 1.33 bits per heavy atom. The van der Waals surface area contributed by atoms with Gasteiger partial charge in [-0.05, 0) is 24.3 Å². The van der Waals surface area contributed by atoms with Gasteiger partial charge in [0.2, 0.25) is 5.91 Å². The lowest BCUT2D eigenvalue weighted by Crippen LogP contribution is -2.50. The first-order valence-corrected chi connectivity index (χ1v) is 10.2. The molecule has 8 heteroatoms. The molecule has 160 valence electrons. The number of carbonyl (C=O) groups excluding carboxylic acids is 1. The molecule has 1 fully saturated rings. The van der Waals surface area contributed by atoms with E-state index < -0.39 is 5.60 Å². The summed E-state index contributed by atoms with van der Waals surface area (Å²) in [4.78, 5) is 31.2. The zero-order valence-corrected chi connectivity index (χ0v) is 17.5. The number of carbonyl (C=O) groups is 1. The number of hydrogen-bond donors (Lipinski definition) is 3. The van der Waals surface area contributed by atoms with Crippen molar-refractivity contribution in [3.8, 4) is 0 Å². The van der Waals surface area contributed by atoms with E-state index in [4.69, 9.17) is 5.41 Å². The van der Waals surface area contributed by atoms with E-state index in [0.717, 1.165) is 11.8 Å². The van der Waals surface area contributed by atoms with Gasteiger partial charge < -0.3 is 20.7 Å². The van der Waals surface area contributed by atoms with E-state index in [1.54, 1.807) is 11.9 Å². The van der Waals surface area contributed by atoms with Crippen LogP contribution in [0.25, 0.3) is 0 Å². The molecule has 1 saturated heterocycles. The summed E-state index contributed by atoms with van der Waals surface area (Å²) in [6, 6.07) is 9.96. The molecular formula is C22H29N5O3. The summed E-state index contributed by atoms with van der Waals surface area (Å²) in [5, 5.41) is 21.3. The normalized spacial score (nSPS) is 16.7.